The van der Waals surface area contributed by atoms with E-state index in [1.165, 1.54) is 27.1 Å². The number of carbonyl (C=O) groups is 2. The molecule has 0 unspecified atom stereocenters. The Kier molecular flexibility index (Phi) is 6.02. The molecule has 2 saturated heterocycles. The minimum atomic E-state index is -1.10. The van der Waals surface area contributed by atoms with Gasteiger partial charge in [-0.15, -0.1) is 0 Å². The maximum atomic E-state index is 14.3. The predicted molar refractivity (Wildman–Crippen MR) is 160 cm³/mol. The van der Waals surface area contributed by atoms with Crippen molar-refractivity contribution in [2.75, 3.05) is 13.1 Å². The summed E-state index contributed by atoms with van der Waals surface area (Å²) >= 11 is 0. The van der Waals surface area contributed by atoms with Crippen LogP contribution in [0, 0.1) is 10.8 Å². The van der Waals surface area contributed by atoms with Gasteiger partial charge in [0.2, 0.25) is 0 Å². The van der Waals surface area contributed by atoms with Gasteiger partial charge in [-0.1, -0.05) is 92.7 Å². The van der Waals surface area contributed by atoms with E-state index in [4.69, 9.17) is 9.47 Å². The molecule has 2 heterocycles. The highest BCUT2D eigenvalue weighted by atomic mass is 16.6. The number of piperidine rings is 1. The molecule has 41 heavy (non-hydrogen) atoms. The molecule has 3 aliphatic rings. The molecule has 5 heteroatoms. The zero-order valence-electron chi connectivity index (χ0n) is 24.1. The number of nitrogens with zero attached hydrogens (tertiary/aromatic N) is 1. The van der Waals surface area contributed by atoms with E-state index in [-0.39, 0.29) is 23.9 Å². The first-order valence-corrected chi connectivity index (χ1v) is 14.8. The summed E-state index contributed by atoms with van der Waals surface area (Å²) in [6.07, 6.45) is 1.84. The first-order valence-electron chi connectivity index (χ1n) is 14.8. The van der Waals surface area contributed by atoms with E-state index >= 15 is 0 Å². The standard InChI is InChI=1S/C36H37NO4/c1-34(2)35(3)18-19-36(34,41-33(35)39)32(38)37-20-17-30(29-14-8-12-26-10-6-7-13-28(26)29)31(22-37)40-23-24-15-16-25-9-4-5-11-27(25)21-24/h4-16,21,30-31H,17-20,22-23H2,1-3H3/t30-,31+,35+,36+/m1/s1. The molecule has 4 aromatic carbocycles. The molecule has 2 aliphatic heterocycles. The fourth-order valence-corrected chi connectivity index (χ4v) is 7.71. The number of esters is 1. The molecule has 0 N–H and O–H groups in total. The molecular formula is C36H37NO4. The van der Waals surface area contributed by atoms with Gasteiger partial charge in [-0.25, -0.2) is 0 Å². The second-order valence-corrected chi connectivity index (χ2v) is 12.9. The van der Waals surface area contributed by atoms with Crippen molar-refractivity contribution < 1.29 is 19.1 Å². The average Bonchev–Trinajstić information content (AvgIpc) is 3.29. The van der Waals surface area contributed by atoms with Crippen LogP contribution in [0.15, 0.2) is 84.9 Å². The van der Waals surface area contributed by atoms with Gasteiger partial charge < -0.3 is 14.4 Å². The fraction of sp³-hybridized carbons (Fsp3) is 0.389. The molecule has 7 rings (SSSR count). The number of rotatable bonds is 5. The molecule has 210 valence electrons. The van der Waals surface area contributed by atoms with E-state index in [9.17, 15) is 9.59 Å². The van der Waals surface area contributed by atoms with Gasteiger partial charge in [0.05, 0.1) is 18.1 Å². The number of fused-ring (bicyclic) bond motifs is 4. The first kappa shape index (κ1) is 26.2. The summed E-state index contributed by atoms with van der Waals surface area (Å²) in [4.78, 5) is 29.1. The lowest BCUT2D eigenvalue weighted by molar-refractivity contribution is -0.176. The molecule has 4 atom stereocenters. The molecule has 1 aliphatic carbocycles. The van der Waals surface area contributed by atoms with E-state index in [0.717, 1.165) is 12.0 Å². The van der Waals surface area contributed by atoms with Crippen LogP contribution in [-0.2, 0) is 25.7 Å². The van der Waals surface area contributed by atoms with Crippen LogP contribution < -0.4 is 0 Å². The Bertz CT molecular complexity index is 1670. The van der Waals surface area contributed by atoms with E-state index in [2.05, 4.69) is 84.9 Å². The highest BCUT2D eigenvalue weighted by Crippen LogP contribution is 2.66. The molecule has 4 aromatic rings. The maximum Gasteiger partial charge on any atom is 0.313 e. The Morgan fingerprint density at radius 1 is 0.902 bits per heavy atom. The summed E-state index contributed by atoms with van der Waals surface area (Å²) in [5, 5.41) is 4.83. The Morgan fingerprint density at radius 2 is 1.63 bits per heavy atom. The highest BCUT2D eigenvalue weighted by molar-refractivity contribution is 5.96. The highest BCUT2D eigenvalue weighted by Gasteiger charge is 2.76. The Hall–Kier alpha value is -3.70. The lowest BCUT2D eigenvalue weighted by atomic mass is 9.66. The first-order chi connectivity index (χ1) is 19.7. The van der Waals surface area contributed by atoms with E-state index in [1.54, 1.807) is 0 Å². The van der Waals surface area contributed by atoms with E-state index in [1.807, 2.05) is 25.7 Å². The van der Waals surface area contributed by atoms with Gasteiger partial charge in [0, 0.05) is 24.4 Å². The number of benzene rings is 4. The monoisotopic (exact) mass is 547 g/mol. The molecule has 0 spiro atoms. The van der Waals surface area contributed by atoms with Crippen LogP contribution in [-0.4, -0.2) is 41.6 Å². The molecule has 1 amide bonds. The van der Waals surface area contributed by atoms with Gasteiger partial charge in [-0.2, -0.15) is 0 Å². The van der Waals surface area contributed by atoms with Gasteiger partial charge in [0.15, 0.2) is 5.60 Å². The van der Waals surface area contributed by atoms with Crippen molar-refractivity contribution in [2.45, 2.75) is 64.3 Å². The normalized spacial score (nSPS) is 28.8. The van der Waals surface area contributed by atoms with Crippen molar-refractivity contribution in [3.63, 3.8) is 0 Å². The summed E-state index contributed by atoms with van der Waals surface area (Å²) in [5.41, 5.74) is 0.0734. The van der Waals surface area contributed by atoms with Gasteiger partial charge in [-0.05, 0) is 64.9 Å². The topological polar surface area (TPSA) is 55.8 Å². The van der Waals surface area contributed by atoms with Crippen molar-refractivity contribution in [2.24, 2.45) is 10.8 Å². The summed E-state index contributed by atoms with van der Waals surface area (Å²) in [6, 6.07) is 29.8. The molecule has 2 bridgehead atoms. The fourth-order valence-electron chi connectivity index (χ4n) is 7.71. The number of likely N-dealkylation sites (tertiary alicyclic amines) is 1. The number of ether oxygens (including phenoxy) is 2. The lowest BCUT2D eigenvalue weighted by Gasteiger charge is -2.44. The molecule has 0 aromatic heterocycles. The molecule has 5 nitrogen and oxygen atoms in total. The third-order valence-corrected chi connectivity index (χ3v) is 10.8. The predicted octanol–water partition coefficient (Wildman–Crippen LogP) is 7.02. The van der Waals surface area contributed by atoms with Crippen molar-refractivity contribution in [1.82, 2.24) is 4.90 Å². The quantitative estimate of drug-likeness (QED) is 0.252. The summed E-state index contributed by atoms with van der Waals surface area (Å²) in [7, 11) is 0. The van der Waals surface area contributed by atoms with Gasteiger partial charge in [-0.3, -0.25) is 9.59 Å². The van der Waals surface area contributed by atoms with Crippen molar-refractivity contribution in [3.8, 4) is 0 Å². The molecular weight excluding hydrogens is 510 g/mol. The Balaban J connectivity index is 1.20. The van der Waals surface area contributed by atoms with Crippen LogP contribution in [0.5, 0.6) is 0 Å². The number of amides is 1. The van der Waals surface area contributed by atoms with Gasteiger partial charge >= 0.3 is 5.97 Å². The summed E-state index contributed by atoms with van der Waals surface area (Å²) in [6.45, 7) is 7.54. The van der Waals surface area contributed by atoms with Crippen molar-refractivity contribution in [1.29, 1.82) is 0 Å². The maximum absolute atomic E-state index is 14.3. The number of hydrogen-bond donors (Lipinski definition) is 0. The van der Waals surface area contributed by atoms with Crippen molar-refractivity contribution in [3.05, 3.63) is 96.1 Å². The smallest absolute Gasteiger partial charge is 0.313 e. The van der Waals surface area contributed by atoms with Crippen LogP contribution in [0.25, 0.3) is 21.5 Å². The van der Waals surface area contributed by atoms with E-state index < -0.39 is 16.4 Å². The van der Waals surface area contributed by atoms with Crippen LogP contribution >= 0.6 is 0 Å². The molecule has 1 saturated carbocycles. The van der Waals surface area contributed by atoms with Crippen LogP contribution in [0.3, 0.4) is 0 Å². The lowest BCUT2D eigenvalue weighted by Crippen LogP contribution is -2.58. The average molecular weight is 548 g/mol. The largest absolute Gasteiger partial charge is 0.448 e. The third-order valence-electron chi connectivity index (χ3n) is 10.8. The second-order valence-electron chi connectivity index (χ2n) is 12.9. The minimum Gasteiger partial charge on any atom is -0.448 e. The third kappa shape index (κ3) is 3.85. The van der Waals surface area contributed by atoms with Crippen LogP contribution in [0.1, 0.15) is 57.1 Å². The van der Waals surface area contributed by atoms with E-state index in [0.29, 0.717) is 32.5 Å². The van der Waals surface area contributed by atoms with Crippen molar-refractivity contribution >= 4 is 33.4 Å². The van der Waals surface area contributed by atoms with Crippen LogP contribution in [0.2, 0.25) is 0 Å². The summed E-state index contributed by atoms with van der Waals surface area (Å²) in [5.74, 6) is -0.166. The Labute approximate surface area is 241 Å². The number of hydrogen-bond acceptors (Lipinski definition) is 4. The molecule has 3 fully saturated rings. The Morgan fingerprint density at radius 3 is 2.39 bits per heavy atom. The molecule has 0 radical (unpaired) electrons. The zero-order valence-corrected chi connectivity index (χ0v) is 24.1. The van der Waals surface area contributed by atoms with Gasteiger partial charge in [0.25, 0.3) is 5.91 Å². The zero-order chi connectivity index (χ0) is 28.4. The second kappa shape index (κ2) is 9.42. The van der Waals surface area contributed by atoms with Crippen LogP contribution in [0.4, 0.5) is 0 Å². The SMILES string of the molecule is CC1(C)[C@@]2(C)CC[C@@]1(C(=O)N1CC[C@H](c3cccc4ccccc34)[C@@H](OCc3ccc4ccccc4c3)C1)OC2=O. The van der Waals surface area contributed by atoms with Gasteiger partial charge in [0.1, 0.15) is 0 Å². The number of carbonyl (C=O) groups excluding carboxylic acids is 2. The minimum absolute atomic E-state index is 0.0623. The summed E-state index contributed by atoms with van der Waals surface area (Å²) < 4.78 is 12.7.